The van der Waals surface area contributed by atoms with E-state index in [-0.39, 0.29) is 5.54 Å². The van der Waals surface area contributed by atoms with Crippen molar-refractivity contribution in [2.75, 3.05) is 10.6 Å². The molecule has 0 aliphatic carbocycles. The molecule has 3 rings (SSSR count). The Kier molecular flexibility index (Phi) is 4.81. The molecule has 0 unspecified atom stereocenters. The second-order valence-electron chi connectivity index (χ2n) is 6.57. The fourth-order valence-corrected chi connectivity index (χ4v) is 2.40. The van der Waals surface area contributed by atoms with Crippen molar-refractivity contribution in [2.24, 2.45) is 0 Å². The van der Waals surface area contributed by atoms with Crippen molar-refractivity contribution < 1.29 is 0 Å². The molecule has 0 bridgehead atoms. The summed E-state index contributed by atoms with van der Waals surface area (Å²) in [6.45, 7) is 6.24. The summed E-state index contributed by atoms with van der Waals surface area (Å²) in [5, 5.41) is 7.11. The Morgan fingerprint density at radius 1 is 1.00 bits per heavy atom. The number of pyridine rings is 1. The summed E-state index contributed by atoms with van der Waals surface area (Å²) in [6.07, 6.45) is 3.21. The van der Waals surface area contributed by atoms with Crippen LogP contribution in [0, 0.1) is 0 Å². The highest BCUT2D eigenvalue weighted by Crippen LogP contribution is 2.22. The molecular weight excluding hydrogens is 336 g/mol. The van der Waals surface area contributed by atoms with Crippen LogP contribution < -0.4 is 10.6 Å². The van der Waals surface area contributed by atoms with Gasteiger partial charge in [0.1, 0.15) is 12.1 Å². The number of hydrogen-bond donors (Lipinski definition) is 2. The molecule has 0 aliphatic rings. The van der Waals surface area contributed by atoms with Crippen molar-refractivity contribution in [3.8, 4) is 11.4 Å². The van der Waals surface area contributed by atoms with Gasteiger partial charge in [-0.15, -0.1) is 0 Å². The van der Waals surface area contributed by atoms with Crippen molar-refractivity contribution in [3.63, 3.8) is 0 Å². The Morgan fingerprint density at radius 3 is 2.60 bits per heavy atom. The molecule has 0 spiro atoms. The number of nitrogens with zero attached hydrogens (tertiary/aromatic N) is 4. The van der Waals surface area contributed by atoms with Gasteiger partial charge in [-0.05, 0) is 51.1 Å². The van der Waals surface area contributed by atoms with Crippen LogP contribution in [0.25, 0.3) is 11.4 Å². The third-order valence-electron chi connectivity index (χ3n) is 3.17. The van der Waals surface area contributed by atoms with Gasteiger partial charge >= 0.3 is 0 Å². The first-order valence-electron chi connectivity index (χ1n) is 7.85. The van der Waals surface area contributed by atoms with Crippen LogP contribution in [0.5, 0.6) is 0 Å². The monoisotopic (exact) mass is 354 g/mol. The molecular formula is C18H19ClN6. The Hall–Kier alpha value is -2.73. The molecule has 0 aliphatic heterocycles. The summed E-state index contributed by atoms with van der Waals surface area (Å²) >= 11 is 6.00. The molecule has 128 valence electrons. The summed E-state index contributed by atoms with van der Waals surface area (Å²) in [5.74, 6) is 1.79. The maximum atomic E-state index is 6.00. The quantitative estimate of drug-likeness (QED) is 0.716. The van der Waals surface area contributed by atoms with Crippen LogP contribution in [0.4, 0.5) is 17.5 Å². The van der Waals surface area contributed by atoms with E-state index in [1.54, 1.807) is 6.20 Å². The fraction of sp³-hybridized carbons (Fsp3) is 0.222. The fourth-order valence-electron chi connectivity index (χ4n) is 2.21. The van der Waals surface area contributed by atoms with Gasteiger partial charge in [0.15, 0.2) is 5.82 Å². The van der Waals surface area contributed by atoms with Gasteiger partial charge < -0.3 is 10.6 Å². The maximum absolute atomic E-state index is 6.00. The van der Waals surface area contributed by atoms with E-state index >= 15 is 0 Å². The summed E-state index contributed by atoms with van der Waals surface area (Å²) < 4.78 is 0. The van der Waals surface area contributed by atoms with Gasteiger partial charge in [0.25, 0.3) is 0 Å². The summed E-state index contributed by atoms with van der Waals surface area (Å²) in [7, 11) is 0. The van der Waals surface area contributed by atoms with E-state index in [4.69, 9.17) is 11.6 Å². The van der Waals surface area contributed by atoms with Crippen LogP contribution in [0.1, 0.15) is 20.8 Å². The van der Waals surface area contributed by atoms with E-state index in [0.29, 0.717) is 16.8 Å². The summed E-state index contributed by atoms with van der Waals surface area (Å²) in [6, 6.07) is 11.2. The van der Waals surface area contributed by atoms with Gasteiger partial charge in [0.2, 0.25) is 5.95 Å². The number of nitrogens with one attached hydrogen (secondary N) is 2. The zero-order valence-corrected chi connectivity index (χ0v) is 15.0. The van der Waals surface area contributed by atoms with E-state index in [0.717, 1.165) is 17.1 Å². The molecule has 25 heavy (non-hydrogen) atoms. The molecule has 0 saturated carbocycles. The highest BCUT2D eigenvalue weighted by atomic mass is 35.5. The average Bonchev–Trinajstić information content (AvgIpc) is 2.54. The number of anilines is 3. The minimum absolute atomic E-state index is 0.0793. The van der Waals surface area contributed by atoms with Crippen LogP contribution in [0.15, 0.2) is 48.9 Å². The van der Waals surface area contributed by atoms with Crippen molar-refractivity contribution in [2.45, 2.75) is 26.3 Å². The molecule has 2 heterocycles. The predicted molar refractivity (Wildman–Crippen MR) is 101 cm³/mol. The Labute approximate surface area is 151 Å². The molecule has 0 atom stereocenters. The third kappa shape index (κ3) is 4.87. The first-order chi connectivity index (χ1) is 11.9. The van der Waals surface area contributed by atoms with Gasteiger partial charge in [-0.1, -0.05) is 17.7 Å². The van der Waals surface area contributed by atoms with Crippen LogP contribution in [0.3, 0.4) is 0 Å². The number of rotatable bonds is 4. The number of benzene rings is 1. The van der Waals surface area contributed by atoms with Gasteiger partial charge in [-0.2, -0.15) is 4.98 Å². The lowest BCUT2D eigenvalue weighted by Gasteiger charge is -2.21. The molecule has 7 heteroatoms. The second-order valence-corrected chi connectivity index (χ2v) is 7.01. The number of halogens is 1. The average molecular weight is 355 g/mol. The molecule has 0 radical (unpaired) electrons. The van der Waals surface area contributed by atoms with E-state index in [2.05, 4.69) is 51.3 Å². The van der Waals surface area contributed by atoms with Crippen LogP contribution in [-0.4, -0.2) is 25.5 Å². The summed E-state index contributed by atoms with van der Waals surface area (Å²) in [4.78, 5) is 17.2. The van der Waals surface area contributed by atoms with Crippen LogP contribution in [-0.2, 0) is 0 Å². The Balaban J connectivity index is 1.85. The topological polar surface area (TPSA) is 75.6 Å². The second kappa shape index (κ2) is 7.03. The lowest BCUT2D eigenvalue weighted by atomic mass is 10.1. The van der Waals surface area contributed by atoms with Crippen molar-refractivity contribution >= 4 is 29.1 Å². The first kappa shape index (κ1) is 17.1. The molecule has 2 N–H and O–H groups in total. The van der Waals surface area contributed by atoms with Crippen LogP contribution >= 0.6 is 11.6 Å². The smallest absolute Gasteiger partial charge is 0.230 e. The van der Waals surface area contributed by atoms with E-state index < -0.39 is 0 Å². The number of hydrogen-bond acceptors (Lipinski definition) is 6. The standard InChI is InChI=1S/C18H19ClN6/c1-18(2,3)25-15-9-12(7-8-20-15)16-21-11-22-17(24-16)23-14-6-4-5-13(19)10-14/h4-11H,1-3H3,(H,20,25)(H,21,22,23,24). The number of aromatic nitrogens is 4. The summed E-state index contributed by atoms with van der Waals surface area (Å²) in [5.41, 5.74) is 1.59. The normalized spacial score (nSPS) is 11.2. The third-order valence-corrected chi connectivity index (χ3v) is 3.41. The van der Waals surface area contributed by atoms with E-state index in [9.17, 15) is 0 Å². The SMILES string of the molecule is CC(C)(C)Nc1cc(-c2ncnc(Nc3cccc(Cl)c3)n2)ccn1. The predicted octanol–water partition coefficient (Wildman–Crippen LogP) is 4.54. The first-order valence-corrected chi connectivity index (χ1v) is 8.23. The van der Waals surface area contributed by atoms with Crippen molar-refractivity contribution in [1.82, 2.24) is 19.9 Å². The minimum Gasteiger partial charge on any atom is -0.365 e. The van der Waals surface area contributed by atoms with E-state index in [1.165, 1.54) is 6.33 Å². The zero-order valence-electron chi connectivity index (χ0n) is 14.3. The molecule has 3 aromatic rings. The minimum atomic E-state index is -0.0793. The lowest BCUT2D eigenvalue weighted by molar-refractivity contribution is 0.630. The maximum Gasteiger partial charge on any atom is 0.230 e. The Bertz CT molecular complexity index is 875. The van der Waals surface area contributed by atoms with E-state index in [1.807, 2.05) is 36.4 Å². The molecule has 0 saturated heterocycles. The molecule has 6 nitrogen and oxygen atoms in total. The van der Waals surface area contributed by atoms with Crippen molar-refractivity contribution in [3.05, 3.63) is 53.9 Å². The van der Waals surface area contributed by atoms with Crippen molar-refractivity contribution in [1.29, 1.82) is 0 Å². The molecule has 2 aromatic heterocycles. The lowest BCUT2D eigenvalue weighted by Crippen LogP contribution is -2.26. The molecule has 0 amide bonds. The van der Waals surface area contributed by atoms with Gasteiger partial charge in [0, 0.05) is 28.0 Å². The largest absolute Gasteiger partial charge is 0.365 e. The van der Waals surface area contributed by atoms with Gasteiger partial charge in [-0.3, -0.25) is 0 Å². The van der Waals surface area contributed by atoms with Gasteiger partial charge in [-0.25, -0.2) is 15.0 Å². The van der Waals surface area contributed by atoms with Gasteiger partial charge in [0.05, 0.1) is 0 Å². The van der Waals surface area contributed by atoms with Crippen LogP contribution in [0.2, 0.25) is 5.02 Å². The molecule has 0 fully saturated rings. The highest BCUT2D eigenvalue weighted by Gasteiger charge is 2.12. The zero-order chi connectivity index (χ0) is 17.9. The highest BCUT2D eigenvalue weighted by molar-refractivity contribution is 6.30. The Morgan fingerprint density at radius 2 is 1.84 bits per heavy atom. The molecule has 1 aromatic carbocycles.